The maximum atomic E-state index is 13.2. The third-order valence-electron chi connectivity index (χ3n) is 2.33. The lowest BCUT2D eigenvalue weighted by atomic mass is 9.98. The smallest absolute Gasteiger partial charge is 0.270 e. The first-order valence-corrected chi connectivity index (χ1v) is 4.61. The Balaban J connectivity index is 3.16. The number of benzene rings is 1. The number of rotatable bonds is 3. The lowest BCUT2D eigenvalue weighted by molar-refractivity contribution is 0.0161. The molecule has 0 aliphatic carbocycles. The summed E-state index contributed by atoms with van der Waals surface area (Å²) in [7, 11) is 1.76. The van der Waals surface area contributed by atoms with Crippen molar-refractivity contribution in [2.45, 2.75) is 25.8 Å². The fraction of sp³-hybridized carbons (Fsp3) is 0.455. The summed E-state index contributed by atoms with van der Waals surface area (Å²) >= 11 is 0. The van der Waals surface area contributed by atoms with E-state index in [4.69, 9.17) is 0 Å². The molecule has 1 aromatic rings. The molecule has 1 atom stereocenters. The van der Waals surface area contributed by atoms with Crippen molar-refractivity contribution in [3.63, 3.8) is 0 Å². The molecule has 0 saturated heterocycles. The average Bonchev–Trinajstić information content (AvgIpc) is 2.15. The molecule has 0 heterocycles. The zero-order chi connectivity index (χ0) is 10.8. The summed E-state index contributed by atoms with van der Waals surface area (Å²) in [6.07, 6.45) is 0. The Morgan fingerprint density at radius 1 is 1.29 bits per heavy atom. The van der Waals surface area contributed by atoms with Crippen LogP contribution < -0.4 is 5.32 Å². The van der Waals surface area contributed by atoms with Crippen molar-refractivity contribution in [2.24, 2.45) is 0 Å². The first kappa shape index (κ1) is 11.1. The van der Waals surface area contributed by atoms with Crippen molar-refractivity contribution in [3.05, 3.63) is 35.4 Å². The lowest BCUT2D eigenvalue weighted by Gasteiger charge is -2.19. The predicted octanol–water partition coefficient (Wildman–Crippen LogP) is 3.08. The summed E-state index contributed by atoms with van der Waals surface area (Å²) in [5.74, 6) is -2.78. The Bertz CT molecular complexity index is 304. The van der Waals surface area contributed by atoms with Gasteiger partial charge in [-0.05, 0) is 19.5 Å². The third kappa shape index (κ3) is 2.29. The topological polar surface area (TPSA) is 12.0 Å². The molecule has 78 valence electrons. The highest BCUT2D eigenvalue weighted by molar-refractivity contribution is 5.32. The van der Waals surface area contributed by atoms with E-state index in [0.29, 0.717) is 5.56 Å². The van der Waals surface area contributed by atoms with Gasteiger partial charge in [-0.1, -0.05) is 24.3 Å². The van der Waals surface area contributed by atoms with Crippen molar-refractivity contribution in [1.82, 2.24) is 5.32 Å². The largest absolute Gasteiger partial charge is 0.313 e. The molecule has 1 N–H and O–H groups in total. The number of halogens is 2. The summed E-state index contributed by atoms with van der Waals surface area (Å²) in [5.41, 5.74) is 0.754. The van der Waals surface area contributed by atoms with E-state index in [1.54, 1.807) is 25.2 Å². The van der Waals surface area contributed by atoms with Gasteiger partial charge < -0.3 is 5.32 Å². The van der Waals surface area contributed by atoms with E-state index in [1.165, 1.54) is 6.07 Å². The van der Waals surface area contributed by atoms with Gasteiger partial charge in [0, 0.05) is 18.5 Å². The molecular formula is C11H15F2N. The molecule has 0 amide bonds. The van der Waals surface area contributed by atoms with Gasteiger partial charge in [0.25, 0.3) is 5.92 Å². The summed E-state index contributed by atoms with van der Waals surface area (Å²) in [6.45, 7) is 2.79. The first-order chi connectivity index (χ1) is 6.46. The van der Waals surface area contributed by atoms with Crippen LogP contribution in [0.5, 0.6) is 0 Å². The molecule has 0 aromatic heterocycles. The maximum absolute atomic E-state index is 13.2. The van der Waals surface area contributed by atoms with Crippen molar-refractivity contribution < 1.29 is 8.78 Å². The minimum atomic E-state index is -2.78. The van der Waals surface area contributed by atoms with Crippen molar-refractivity contribution in [3.8, 4) is 0 Å². The fourth-order valence-corrected chi connectivity index (χ4v) is 1.43. The van der Waals surface area contributed by atoms with E-state index in [0.717, 1.165) is 6.92 Å². The molecule has 1 rings (SSSR count). The molecule has 0 bridgehead atoms. The van der Waals surface area contributed by atoms with Gasteiger partial charge in [-0.15, -0.1) is 0 Å². The van der Waals surface area contributed by atoms with Crippen LogP contribution in [0.2, 0.25) is 0 Å². The zero-order valence-electron chi connectivity index (χ0n) is 8.64. The highest BCUT2D eigenvalue weighted by Crippen LogP contribution is 2.32. The van der Waals surface area contributed by atoms with Gasteiger partial charge in [-0.25, -0.2) is 8.78 Å². The normalized spacial score (nSPS) is 14.1. The Kier molecular flexibility index (Phi) is 3.21. The molecule has 0 saturated carbocycles. The molecule has 0 aliphatic rings. The molecule has 0 radical (unpaired) electrons. The van der Waals surface area contributed by atoms with E-state index in [9.17, 15) is 8.78 Å². The van der Waals surface area contributed by atoms with Crippen LogP contribution >= 0.6 is 0 Å². The minimum absolute atomic E-state index is 0.0583. The summed E-state index contributed by atoms with van der Waals surface area (Å²) in [6, 6.07) is 6.56. The average molecular weight is 199 g/mol. The maximum Gasteiger partial charge on any atom is 0.270 e. The number of hydrogen-bond donors (Lipinski definition) is 1. The predicted molar refractivity (Wildman–Crippen MR) is 53.5 cm³/mol. The molecule has 1 aromatic carbocycles. The fourth-order valence-electron chi connectivity index (χ4n) is 1.43. The molecule has 1 nitrogen and oxygen atoms in total. The van der Waals surface area contributed by atoms with Gasteiger partial charge in [0.15, 0.2) is 0 Å². The van der Waals surface area contributed by atoms with Crippen molar-refractivity contribution >= 4 is 0 Å². The molecule has 1 unspecified atom stereocenters. The second-order valence-electron chi connectivity index (χ2n) is 3.49. The van der Waals surface area contributed by atoms with Crippen LogP contribution in [0.15, 0.2) is 24.3 Å². The van der Waals surface area contributed by atoms with Crippen molar-refractivity contribution in [2.75, 3.05) is 7.05 Å². The van der Waals surface area contributed by atoms with Gasteiger partial charge in [-0.3, -0.25) is 0 Å². The van der Waals surface area contributed by atoms with Gasteiger partial charge in [0.2, 0.25) is 0 Å². The standard InChI is InChI=1S/C11H15F2N/c1-8(14-3)9-6-4-5-7-10(9)11(2,12)13/h4-8,14H,1-3H3. The SMILES string of the molecule is CNC(C)c1ccccc1C(C)(F)F. The Morgan fingerprint density at radius 2 is 1.86 bits per heavy atom. The molecule has 3 heteroatoms. The van der Waals surface area contributed by atoms with Crippen LogP contribution in [-0.2, 0) is 5.92 Å². The van der Waals surface area contributed by atoms with Gasteiger partial charge >= 0.3 is 0 Å². The van der Waals surface area contributed by atoms with Crippen LogP contribution in [0, 0.1) is 0 Å². The highest BCUT2D eigenvalue weighted by Gasteiger charge is 2.28. The highest BCUT2D eigenvalue weighted by atomic mass is 19.3. The Hall–Kier alpha value is -0.960. The summed E-state index contributed by atoms with van der Waals surface area (Å²) in [4.78, 5) is 0. The van der Waals surface area contributed by atoms with Crippen LogP contribution in [0.4, 0.5) is 8.78 Å². The van der Waals surface area contributed by atoms with Crippen LogP contribution in [-0.4, -0.2) is 7.05 Å². The van der Waals surface area contributed by atoms with E-state index < -0.39 is 5.92 Å². The van der Waals surface area contributed by atoms with Crippen LogP contribution in [0.1, 0.15) is 31.0 Å². The Morgan fingerprint density at radius 3 is 2.36 bits per heavy atom. The van der Waals surface area contributed by atoms with Gasteiger partial charge in [-0.2, -0.15) is 0 Å². The van der Waals surface area contributed by atoms with E-state index in [-0.39, 0.29) is 11.6 Å². The Labute approximate surface area is 83.1 Å². The monoisotopic (exact) mass is 199 g/mol. The van der Waals surface area contributed by atoms with Gasteiger partial charge in [0.1, 0.15) is 0 Å². The van der Waals surface area contributed by atoms with Crippen LogP contribution in [0.25, 0.3) is 0 Å². The quantitative estimate of drug-likeness (QED) is 0.788. The van der Waals surface area contributed by atoms with Crippen molar-refractivity contribution in [1.29, 1.82) is 0 Å². The zero-order valence-corrected chi connectivity index (χ0v) is 8.64. The minimum Gasteiger partial charge on any atom is -0.313 e. The third-order valence-corrected chi connectivity index (χ3v) is 2.33. The van der Waals surface area contributed by atoms with Crippen LogP contribution in [0.3, 0.4) is 0 Å². The number of nitrogens with one attached hydrogen (secondary N) is 1. The molecule has 14 heavy (non-hydrogen) atoms. The number of alkyl halides is 2. The summed E-state index contributed by atoms with van der Waals surface area (Å²) < 4.78 is 26.4. The summed E-state index contributed by atoms with van der Waals surface area (Å²) in [5, 5.41) is 2.96. The molecule has 0 aliphatic heterocycles. The lowest BCUT2D eigenvalue weighted by Crippen LogP contribution is -2.18. The molecule has 0 fully saturated rings. The number of hydrogen-bond acceptors (Lipinski definition) is 1. The van der Waals surface area contributed by atoms with E-state index >= 15 is 0 Å². The van der Waals surface area contributed by atoms with E-state index in [1.807, 2.05) is 6.92 Å². The molecular weight excluding hydrogens is 184 g/mol. The van der Waals surface area contributed by atoms with Gasteiger partial charge in [0.05, 0.1) is 0 Å². The second kappa shape index (κ2) is 4.05. The first-order valence-electron chi connectivity index (χ1n) is 4.61. The van der Waals surface area contributed by atoms with E-state index in [2.05, 4.69) is 5.32 Å². The molecule has 0 spiro atoms. The second-order valence-corrected chi connectivity index (χ2v) is 3.49.